The number of hydrogen-bond acceptors (Lipinski definition) is 2. The normalized spacial score (nSPS) is 19.0. The smallest absolute Gasteiger partial charge is 0.254 e. The van der Waals surface area contributed by atoms with Gasteiger partial charge in [0.15, 0.2) is 0 Å². The predicted octanol–water partition coefficient (Wildman–Crippen LogP) is 2.24. The van der Waals surface area contributed by atoms with Crippen molar-refractivity contribution in [2.75, 3.05) is 13.1 Å². The molecule has 1 aliphatic heterocycles. The van der Waals surface area contributed by atoms with E-state index in [9.17, 15) is 4.79 Å². The van der Waals surface area contributed by atoms with Crippen LogP contribution in [0.1, 0.15) is 22.3 Å². The maximum Gasteiger partial charge on any atom is 0.254 e. The lowest BCUT2D eigenvalue weighted by Crippen LogP contribution is -2.32. The molecule has 0 saturated carbocycles. The van der Waals surface area contributed by atoms with Gasteiger partial charge < -0.3 is 10.6 Å². The molecule has 1 aliphatic rings. The van der Waals surface area contributed by atoms with Crippen LogP contribution >= 0.6 is 24.0 Å². The van der Waals surface area contributed by atoms with Gasteiger partial charge in [0.2, 0.25) is 0 Å². The standard InChI is InChI=1S/C12H15ClN2O.ClH/c1-8-10(3-2-4-11(8)13)12(16)15-6-5-9(14)7-15;/h2-4,9H,5-7,14H2,1H3;1H/t9-;/m0./s1. The van der Waals surface area contributed by atoms with Crippen molar-refractivity contribution < 1.29 is 4.79 Å². The van der Waals surface area contributed by atoms with Gasteiger partial charge in [0, 0.05) is 29.7 Å². The fourth-order valence-electron chi connectivity index (χ4n) is 1.98. The van der Waals surface area contributed by atoms with E-state index in [-0.39, 0.29) is 24.4 Å². The zero-order valence-electron chi connectivity index (χ0n) is 9.65. The molecule has 5 heteroatoms. The number of hydrogen-bond donors (Lipinski definition) is 1. The van der Waals surface area contributed by atoms with Crippen molar-refractivity contribution in [1.82, 2.24) is 4.90 Å². The van der Waals surface area contributed by atoms with Crippen molar-refractivity contribution in [1.29, 1.82) is 0 Å². The minimum atomic E-state index is 0. The Morgan fingerprint density at radius 2 is 2.24 bits per heavy atom. The Kier molecular flexibility index (Phi) is 4.80. The van der Waals surface area contributed by atoms with Crippen LogP contribution in [-0.4, -0.2) is 29.9 Å². The Hall–Kier alpha value is -0.770. The quantitative estimate of drug-likeness (QED) is 0.854. The molecule has 0 aliphatic carbocycles. The second-order valence-electron chi connectivity index (χ2n) is 4.21. The van der Waals surface area contributed by atoms with Crippen LogP contribution < -0.4 is 5.73 Å². The molecule has 2 rings (SSSR count). The van der Waals surface area contributed by atoms with E-state index < -0.39 is 0 Å². The molecule has 3 nitrogen and oxygen atoms in total. The molecular weight excluding hydrogens is 259 g/mol. The Bertz CT molecular complexity index is 423. The molecular formula is C12H16Cl2N2O. The summed E-state index contributed by atoms with van der Waals surface area (Å²) >= 11 is 6.00. The number of nitrogens with two attached hydrogens (primary N) is 1. The van der Waals surface area contributed by atoms with Crippen LogP contribution in [0, 0.1) is 6.92 Å². The van der Waals surface area contributed by atoms with Crippen molar-refractivity contribution in [3.05, 3.63) is 34.3 Å². The molecule has 0 radical (unpaired) electrons. The minimum absolute atomic E-state index is 0. The van der Waals surface area contributed by atoms with Crippen LogP contribution in [0.25, 0.3) is 0 Å². The summed E-state index contributed by atoms with van der Waals surface area (Å²) in [5, 5.41) is 0.634. The predicted molar refractivity (Wildman–Crippen MR) is 71.9 cm³/mol. The van der Waals surface area contributed by atoms with Gasteiger partial charge in [-0.2, -0.15) is 0 Å². The maximum atomic E-state index is 12.2. The van der Waals surface area contributed by atoms with Crippen LogP contribution in [0.4, 0.5) is 0 Å². The molecule has 0 aromatic heterocycles. The monoisotopic (exact) mass is 274 g/mol. The van der Waals surface area contributed by atoms with Gasteiger partial charge in [-0.25, -0.2) is 0 Å². The van der Waals surface area contributed by atoms with Crippen molar-refractivity contribution in [3.8, 4) is 0 Å². The number of carbonyl (C=O) groups is 1. The maximum absolute atomic E-state index is 12.2. The van der Waals surface area contributed by atoms with Gasteiger partial charge in [0.05, 0.1) is 0 Å². The van der Waals surface area contributed by atoms with E-state index in [1.54, 1.807) is 17.0 Å². The molecule has 1 saturated heterocycles. The largest absolute Gasteiger partial charge is 0.337 e. The van der Waals surface area contributed by atoms with Gasteiger partial charge in [0.1, 0.15) is 0 Å². The molecule has 1 atom stereocenters. The topological polar surface area (TPSA) is 46.3 Å². The van der Waals surface area contributed by atoms with E-state index in [2.05, 4.69) is 0 Å². The number of amides is 1. The van der Waals surface area contributed by atoms with Crippen LogP contribution in [0.5, 0.6) is 0 Å². The molecule has 1 aromatic carbocycles. The average molecular weight is 275 g/mol. The lowest BCUT2D eigenvalue weighted by molar-refractivity contribution is 0.0790. The Labute approximate surface area is 112 Å². The molecule has 2 N–H and O–H groups in total. The fourth-order valence-corrected chi connectivity index (χ4v) is 2.16. The van der Waals surface area contributed by atoms with Gasteiger partial charge in [-0.3, -0.25) is 4.79 Å². The zero-order valence-corrected chi connectivity index (χ0v) is 11.2. The Balaban J connectivity index is 0.00000144. The number of rotatable bonds is 1. The fraction of sp³-hybridized carbons (Fsp3) is 0.417. The van der Waals surface area contributed by atoms with Gasteiger partial charge in [-0.15, -0.1) is 12.4 Å². The summed E-state index contributed by atoms with van der Waals surface area (Å²) in [6.45, 7) is 3.25. The molecule has 94 valence electrons. The molecule has 0 spiro atoms. The number of benzene rings is 1. The number of nitrogens with zero attached hydrogens (tertiary/aromatic N) is 1. The van der Waals surface area contributed by atoms with Crippen LogP contribution in [0.15, 0.2) is 18.2 Å². The van der Waals surface area contributed by atoms with E-state index in [0.29, 0.717) is 17.1 Å². The highest BCUT2D eigenvalue weighted by atomic mass is 35.5. The number of carbonyl (C=O) groups excluding carboxylic acids is 1. The van der Waals surface area contributed by atoms with E-state index in [1.807, 2.05) is 13.0 Å². The van der Waals surface area contributed by atoms with Gasteiger partial charge >= 0.3 is 0 Å². The number of halogens is 2. The third-order valence-corrected chi connectivity index (χ3v) is 3.42. The second kappa shape index (κ2) is 5.71. The van der Waals surface area contributed by atoms with Crippen molar-refractivity contribution in [2.45, 2.75) is 19.4 Å². The van der Waals surface area contributed by atoms with Gasteiger partial charge in [-0.05, 0) is 31.0 Å². The van der Waals surface area contributed by atoms with Gasteiger partial charge in [0.25, 0.3) is 5.91 Å². The molecule has 1 fully saturated rings. The van der Waals surface area contributed by atoms with Crippen molar-refractivity contribution >= 4 is 29.9 Å². The first kappa shape index (κ1) is 14.3. The molecule has 1 amide bonds. The Morgan fingerprint density at radius 3 is 2.82 bits per heavy atom. The average Bonchev–Trinajstić information content (AvgIpc) is 2.68. The van der Waals surface area contributed by atoms with Crippen molar-refractivity contribution in [2.24, 2.45) is 5.73 Å². The first-order valence-electron chi connectivity index (χ1n) is 5.39. The third kappa shape index (κ3) is 2.92. The van der Waals surface area contributed by atoms with E-state index in [4.69, 9.17) is 17.3 Å². The zero-order chi connectivity index (χ0) is 11.7. The van der Waals surface area contributed by atoms with Crippen LogP contribution in [0.3, 0.4) is 0 Å². The molecule has 1 heterocycles. The first-order valence-corrected chi connectivity index (χ1v) is 5.77. The third-order valence-electron chi connectivity index (χ3n) is 3.01. The SMILES string of the molecule is Cc1c(Cl)cccc1C(=O)N1CC[C@H](N)C1.Cl. The summed E-state index contributed by atoms with van der Waals surface area (Å²) in [7, 11) is 0. The highest BCUT2D eigenvalue weighted by Crippen LogP contribution is 2.21. The first-order chi connectivity index (χ1) is 7.59. The highest BCUT2D eigenvalue weighted by molar-refractivity contribution is 6.31. The lowest BCUT2D eigenvalue weighted by atomic mass is 10.1. The summed E-state index contributed by atoms with van der Waals surface area (Å²) in [5.41, 5.74) is 7.31. The summed E-state index contributed by atoms with van der Waals surface area (Å²) in [6.07, 6.45) is 0.880. The highest BCUT2D eigenvalue weighted by Gasteiger charge is 2.25. The van der Waals surface area contributed by atoms with E-state index in [1.165, 1.54) is 0 Å². The minimum Gasteiger partial charge on any atom is -0.337 e. The van der Waals surface area contributed by atoms with Crippen molar-refractivity contribution in [3.63, 3.8) is 0 Å². The molecule has 1 aromatic rings. The summed E-state index contributed by atoms with van der Waals surface area (Å²) in [4.78, 5) is 14.0. The molecule has 0 bridgehead atoms. The van der Waals surface area contributed by atoms with Gasteiger partial charge in [-0.1, -0.05) is 17.7 Å². The Morgan fingerprint density at radius 1 is 1.53 bits per heavy atom. The van der Waals surface area contributed by atoms with E-state index in [0.717, 1.165) is 18.5 Å². The summed E-state index contributed by atoms with van der Waals surface area (Å²) < 4.78 is 0. The number of likely N-dealkylation sites (tertiary alicyclic amines) is 1. The van der Waals surface area contributed by atoms with Crippen LogP contribution in [-0.2, 0) is 0 Å². The molecule has 0 unspecified atom stereocenters. The molecule has 17 heavy (non-hydrogen) atoms. The summed E-state index contributed by atoms with van der Waals surface area (Å²) in [6, 6.07) is 5.53. The second-order valence-corrected chi connectivity index (χ2v) is 4.62. The summed E-state index contributed by atoms with van der Waals surface area (Å²) in [5.74, 6) is 0.0351. The van der Waals surface area contributed by atoms with Crippen LogP contribution in [0.2, 0.25) is 5.02 Å². The lowest BCUT2D eigenvalue weighted by Gasteiger charge is -2.17. The van der Waals surface area contributed by atoms with E-state index >= 15 is 0 Å².